The molecule has 7 heteroatoms. The molecule has 2 aromatic heterocycles. The molecule has 2 rings (SSSR count). The highest BCUT2D eigenvalue weighted by Crippen LogP contribution is 2.12. The zero-order valence-electron chi connectivity index (χ0n) is 13.3. The van der Waals surface area contributed by atoms with E-state index in [4.69, 9.17) is 0 Å². The summed E-state index contributed by atoms with van der Waals surface area (Å²) in [6.07, 6.45) is 7.19. The quantitative estimate of drug-likeness (QED) is 0.827. The van der Waals surface area contributed by atoms with E-state index in [1.165, 1.54) is 0 Å². The van der Waals surface area contributed by atoms with E-state index in [0.717, 1.165) is 11.3 Å². The summed E-state index contributed by atoms with van der Waals surface area (Å²) in [5.41, 5.74) is 1.93. The van der Waals surface area contributed by atoms with Crippen molar-refractivity contribution < 1.29 is 4.79 Å². The second-order valence-corrected chi connectivity index (χ2v) is 4.89. The maximum Gasteiger partial charge on any atom is 0.278 e. The van der Waals surface area contributed by atoms with Crippen molar-refractivity contribution in [2.24, 2.45) is 0 Å². The van der Waals surface area contributed by atoms with Crippen molar-refractivity contribution in [1.82, 2.24) is 25.1 Å². The molecule has 0 atom stereocenters. The summed E-state index contributed by atoms with van der Waals surface area (Å²) in [6, 6.07) is 1.65. The molecule has 7 nitrogen and oxygen atoms in total. The Morgan fingerprint density at radius 3 is 2.70 bits per heavy atom. The van der Waals surface area contributed by atoms with Gasteiger partial charge in [-0.2, -0.15) is 15.1 Å². The molecule has 0 bridgehead atoms. The lowest BCUT2D eigenvalue weighted by Crippen LogP contribution is -2.16. The second kappa shape index (κ2) is 7.26. The number of anilines is 1. The van der Waals surface area contributed by atoms with E-state index in [-0.39, 0.29) is 17.5 Å². The van der Waals surface area contributed by atoms with Crippen LogP contribution in [0.25, 0.3) is 5.57 Å². The number of nitrogens with one attached hydrogen (secondary N) is 2. The summed E-state index contributed by atoms with van der Waals surface area (Å²) in [7, 11) is 0. The van der Waals surface area contributed by atoms with Gasteiger partial charge in [-0.25, -0.2) is 4.98 Å². The highest BCUT2D eigenvalue weighted by atomic mass is 16.2. The zero-order chi connectivity index (χ0) is 16.8. The second-order valence-electron chi connectivity index (χ2n) is 4.89. The van der Waals surface area contributed by atoms with E-state index in [1.54, 1.807) is 25.1 Å². The van der Waals surface area contributed by atoms with Gasteiger partial charge in [-0.05, 0) is 32.4 Å². The Hall–Kier alpha value is -3.09. The van der Waals surface area contributed by atoms with Crippen molar-refractivity contribution >= 4 is 17.4 Å². The molecule has 2 heterocycles. The van der Waals surface area contributed by atoms with Gasteiger partial charge < -0.3 is 0 Å². The molecule has 0 unspecified atom stereocenters. The monoisotopic (exact) mass is 310 g/mol. The SMILES string of the molecule is C=C/C=C\C=C(/C)c1nc(C)nc(NC(=O)c2cc(C)[nH]n2)n1. The molecule has 2 aromatic rings. The van der Waals surface area contributed by atoms with Gasteiger partial charge in [0.25, 0.3) is 5.91 Å². The molecule has 0 aliphatic heterocycles. The lowest BCUT2D eigenvalue weighted by Gasteiger charge is -2.05. The number of hydrogen-bond donors (Lipinski definition) is 2. The van der Waals surface area contributed by atoms with Gasteiger partial charge in [0, 0.05) is 5.69 Å². The zero-order valence-corrected chi connectivity index (χ0v) is 13.3. The standard InChI is InChI=1S/C16H18N6O/c1-5-6-7-8-10(2)14-17-12(4)18-16(19-14)20-15(23)13-9-11(3)21-22-13/h5-9H,1H2,2-4H3,(H,21,22)(H,17,18,19,20,23)/b7-6-,10-8+. The van der Waals surface area contributed by atoms with Gasteiger partial charge >= 0.3 is 0 Å². The van der Waals surface area contributed by atoms with Gasteiger partial charge in [0.05, 0.1) is 0 Å². The smallest absolute Gasteiger partial charge is 0.278 e. The lowest BCUT2D eigenvalue weighted by molar-refractivity contribution is 0.102. The van der Waals surface area contributed by atoms with Crippen molar-refractivity contribution in [3.05, 3.63) is 60.0 Å². The third kappa shape index (κ3) is 4.44. The van der Waals surface area contributed by atoms with Crippen molar-refractivity contribution in [3.63, 3.8) is 0 Å². The fraction of sp³-hybridized carbons (Fsp3) is 0.188. The third-order valence-corrected chi connectivity index (χ3v) is 2.86. The normalized spacial score (nSPS) is 11.7. The van der Waals surface area contributed by atoms with Crippen LogP contribution in [0.4, 0.5) is 5.95 Å². The number of hydrogen-bond acceptors (Lipinski definition) is 5. The van der Waals surface area contributed by atoms with Crippen LogP contribution < -0.4 is 5.32 Å². The summed E-state index contributed by atoms with van der Waals surface area (Å²) in [5, 5.41) is 9.25. The first-order chi connectivity index (χ1) is 11.0. The van der Waals surface area contributed by atoms with Crippen molar-refractivity contribution in [2.45, 2.75) is 20.8 Å². The first-order valence-electron chi connectivity index (χ1n) is 7.02. The van der Waals surface area contributed by atoms with Gasteiger partial charge in [0.15, 0.2) is 11.5 Å². The largest absolute Gasteiger partial charge is 0.289 e. The molecule has 118 valence electrons. The summed E-state index contributed by atoms with van der Waals surface area (Å²) < 4.78 is 0. The van der Waals surface area contributed by atoms with Crippen LogP contribution in [-0.2, 0) is 0 Å². The molecule has 0 fully saturated rings. The first kappa shape index (κ1) is 16.3. The highest BCUT2D eigenvalue weighted by Gasteiger charge is 2.13. The van der Waals surface area contributed by atoms with E-state index in [0.29, 0.717) is 11.6 Å². The number of amides is 1. The molecule has 0 aromatic carbocycles. The van der Waals surface area contributed by atoms with Gasteiger partial charge in [0.1, 0.15) is 5.82 Å². The number of carbonyl (C=O) groups is 1. The van der Waals surface area contributed by atoms with Crippen LogP contribution in [0.5, 0.6) is 0 Å². The topological polar surface area (TPSA) is 96.5 Å². The minimum Gasteiger partial charge on any atom is -0.289 e. The average Bonchev–Trinajstić information content (AvgIpc) is 2.93. The molecule has 0 saturated heterocycles. The number of H-pyrrole nitrogens is 1. The van der Waals surface area contributed by atoms with Crippen LogP contribution in [0.3, 0.4) is 0 Å². The van der Waals surface area contributed by atoms with Crippen molar-refractivity contribution in [1.29, 1.82) is 0 Å². The molecule has 0 aliphatic carbocycles. The molecular weight excluding hydrogens is 292 g/mol. The van der Waals surface area contributed by atoms with Crippen LogP contribution in [0.1, 0.15) is 34.8 Å². The number of aromatic nitrogens is 5. The predicted molar refractivity (Wildman–Crippen MR) is 88.8 cm³/mol. The molecule has 0 aliphatic rings. The lowest BCUT2D eigenvalue weighted by atomic mass is 10.2. The number of aryl methyl sites for hydroxylation is 2. The van der Waals surface area contributed by atoms with Crippen molar-refractivity contribution in [3.8, 4) is 0 Å². The Bertz CT molecular complexity index is 788. The van der Waals surface area contributed by atoms with Crippen LogP contribution in [0.15, 0.2) is 36.9 Å². The Labute approximate surface area is 134 Å². The van der Waals surface area contributed by atoms with E-state index in [2.05, 4.69) is 37.0 Å². The van der Waals surface area contributed by atoms with Gasteiger partial charge in [-0.1, -0.05) is 30.9 Å². The van der Waals surface area contributed by atoms with E-state index < -0.39 is 0 Å². The van der Waals surface area contributed by atoms with Gasteiger partial charge in [-0.15, -0.1) is 0 Å². The molecule has 0 saturated carbocycles. The van der Waals surface area contributed by atoms with E-state index in [1.807, 2.05) is 26.0 Å². The fourth-order valence-corrected chi connectivity index (χ4v) is 1.77. The highest BCUT2D eigenvalue weighted by molar-refractivity contribution is 6.01. The Morgan fingerprint density at radius 1 is 1.26 bits per heavy atom. The molecule has 2 N–H and O–H groups in total. The molecular formula is C16H18N6O. The van der Waals surface area contributed by atoms with Crippen LogP contribution >= 0.6 is 0 Å². The Kier molecular flexibility index (Phi) is 5.14. The number of aromatic amines is 1. The van der Waals surface area contributed by atoms with E-state index in [9.17, 15) is 4.79 Å². The van der Waals surface area contributed by atoms with Crippen LogP contribution in [0, 0.1) is 13.8 Å². The summed E-state index contributed by atoms with van der Waals surface area (Å²) >= 11 is 0. The molecule has 1 amide bonds. The number of rotatable bonds is 5. The first-order valence-corrected chi connectivity index (χ1v) is 7.02. The van der Waals surface area contributed by atoms with Gasteiger partial charge in [-0.3, -0.25) is 15.2 Å². The van der Waals surface area contributed by atoms with Crippen LogP contribution in [-0.4, -0.2) is 31.1 Å². The predicted octanol–water partition coefficient (Wildman–Crippen LogP) is 2.61. The molecule has 23 heavy (non-hydrogen) atoms. The summed E-state index contributed by atoms with van der Waals surface area (Å²) in [4.78, 5) is 24.8. The molecule has 0 spiro atoms. The van der Waals surface area contributed by atoms with Gasteiger partial charge in [0.2, 0.25) is 5.95 Å². The minimum atomic E-state index is -0.376. The van der Waals surface area contributed by atoms with Crippen LogP contribution in [0.2, 0.25) is 0 Å². The third-order valence-electron chi connectivity index (χ3n) is 2.86. The molecule has 0 radical (unpaired) electrons. The number of carbonyl (C=O) groups excluding carboxylic acids is 1. The average molecular weight is 310 g/mol. The maximum absolute atomic E-state index is 12.1. The summed E-state index contributed by atoms with van der Waals surface area (Å²) in [6.45, 7) is 9.05. The maximum atomic E-state index is 12.1. The Balaban J connectivity index is 2.23. The summed E-state index contributed by atoms with van der Waals surface area (Å²) in [5.74, 6) is 0.835. The Morgan fingerprint density at radius 2 is 2.04 bits per heavy atom. The van der Waals surface area contributed by atoms with E-state index >= 15 is 0 Å². The minimum absolute atomic E-state index is 0.193. The number of allylic oxidation sites excluding steroid dienone is 5. The fourth-order valence-electron chi connectivity index (χ4n) is 1.77. The number of nitrogens with zero attached hydrogens (tertiary/aromatic N) is 4. The van der Waals surface area contributed by atoms with Crippen molar-refractivity contribution in [2.75, 3.05) is 5.32 Å².